The van der Waals surface area contributed by atoms with Crippen LogP contribution >= 0.6 is 47.8 Å². The molecular formula is C84H133Br3N16O14. The Hall–Kier alpha value is -8.59. The van der Waals surface area contributed by atoms with Crippen molar-refractivity contribution in [3.8, 4) is 48.2 Å². The maximum absolute atomic E-state index is 12.4. The number of esters is 1. The number of amides is 8. The molecule has 0 radical (unpaired) electrons. The summed E-state index contributed by atoms with van der Waals surface area (Å²) in [5.41, 5.74) is 17.1. The fraction of sp³-hybridized carbons (Fsp3) is 0.607. The molecule has 5 atom stereocenters. The largest absolute Gasteiger partial charge is 0.465 e. The average molecular weight is 1830 g/mol. The van der Waals surface area contributed by atoms with Gasteiger partial charge in [0.25, 0.3) is 0 Å². The van der Waals surface area contributed by atoms with Gasteiger partial charge < -0.3 is 69.4 Å². The van der Waals surface area contributed by atoms with Gasteiger partial charge in [-0.2, -0.15) is 0 Å². The van der Waals surface area contributed by atoms with E-state index in [0.717, 1.165) is 76.3 Å². The van der Waals surface area contributed by atoms with Gasteiger partial charge in [0.1, 0.15) is 24.0 Å². The van der Waals surface area contributed by atoms with E-state index >= 15 is 0 Å². The first-order valence-electron chi connectivity index (χ1n) is 39.9. The highest BCUT2D eigenvalue weighted by molar-refractivity contribution is 9.09. The second kappa shape index (κ2) is 74.9. The van der Waals surface area contributed by atoms with Gasteiger partial charge in [-0.15, -0.1) is 42.1 Å². The van der Waals surface area contributed by atoms with Crippen LogP contribution < -0.4 is 70.0 Å². The number of benzene rings is 2. The topological polar surface area (TPSA) is 446 Å². The third-order valence-electron chi connectivity index (χ3n) is 16.8. The number of alkyl halides is 3. The molecule has 117 heavy (non-hydrogen) atoms. The van der Waals surface area contributed by atoms with Crippen molar-refractivity contribution in [2.75, 3.05) is 69.4 Å². The molecule has 2 aromatic carbocycles. The minimum atomic E-state index is -0.422. The van der Waals surface area contributed by atoms with Gasteiger partial charge in [0, 0.05) is 150 Å². The van der Waals surface area contributed by atoms with Crippen LogP contribution in [0.2, 0.25) is 0 Å². The van der Waals surface area contributed by atoms with E-state index < -0.39 is 6.04 Å². The van der Waals surface area contributed by atoms with Crippen LogP contribution in [-0.4, -0.2) is 191 Å². The van der Waals surface area contributed by atoms with Crippen molar-refractivity contribution in [2.45, 2.75) is 259 Å². The number of hydrogen-bond donors (Lipinski definition) is 13. The summed E-state index contributed by atoms with van der Waals surface area (Å²) in [6.45, 7) is 16.6. The Bertz CT molecular complexity index is 3350. The van der Waals surface area contributed by atoms with Crippen LogP contribution in [0, 0.1) is 37.0 Å². The quantitative estimate of drug-likeness (QED) is 0.00858. The Morgan fingerprint density at radius 3 is 1.35 bits per heavy atom. The van der Waals surface area contributed by atoms with E-state index in [-0.39, 0.29) is 113 Å². The molecule has 5 rings (SSSR count). The van der Waals surface area contributed by atoms with E-state index in [1.54, 1.807) is 18.8 Å². The molecule has 2 aliphatic rings. The summed E-state index contributed by atoms with van der Waals surface area (Å²) < 4.78 is 6.95. The highest BCUT2D eigenvalue weighted by Crippen LogP contribution is 2.44. The molecule has 2 bridgehead atoms. The maximum Gasteiger partial charge on any atom is 0.302 e. The summed E-state index contributed by atoms with van der Waals surface area (Å²) in [6, 6.07) is 16.2. The number of carbonyl (C=O) groups excluding carboxylic acids is 13. The Balaban J connectivity index is -0.00000133. The zero-order valence-corrected chi connectivity index (χ0v) is 75.2. The molecule has 654 valence electrons. The van der Waals surface area contributed by atoms with Crippen molar-refractivity contribution in [3.05, 3.63) is 71.5 Å². The predicted octanol–water partition coefficient (Wildman–Crippen LogP) is 7.53. The van der Waals surface area contributed by atoms with Crippen LogP contribution in [0.25, 0.3) is 11.1 Å². The minimum Gasteiger partial charge on any atom is -0.465 e. The molecule has 15 N–H and O–H groups in total. The number of nitrogens with two attached hydrogens (primary N) is 2. The molecule has 0 saturated heterocycles. The van der Waals surface area contributed by atoms with Crippen molar-refractivity contribution >= 4 is 124 Å². The predicted molar refractivity (Wildman–Crippen MR) is 471 cm³/mol. The van der Waals surface area contributed by atoms with Crippen molar-refractivity contribution in [1.82, 2.24) is 73.5 Å². The highest BCUT2D eigenvalue weighted by Gasteiger charge is 2.29. The fourth-order valence-corrected chi connectivity index (χ4v) is 11.5. The molecule has 33 heteroatoms. The number of ketones is 4. The lowest BCUT2D eigenvalue weighted by Crippen LogP contribution is -2.53. The number of terminal acetylenes is 3. The monoisotopic (exact) mass is 1830 g/mol. The maximum atomic E-state index is 12.4. The molecule has 1 aliphatic carbocycles. The van der Waals surface area contributed by atoms with E-state index in [1.807, 2.05) is 51.2 Å². The number of nitrogens with one attached hydrogen (secondary N) is 11. The number of rotatable bonds is 41. The van der Waals surface area contributed by atoms with Gasteiger partial charge in [-0.25, -0.2) is 0 Å². The summed E-state index contributed by atoms with van der Waals surface area (Å²) in [4.78, 5) is 143. The first kappa shape index (κ1) is 113. The van der Waals surface area contributed by atoms with E-state index in [1.165, 1.54) is 56.9 Å². The third-order valence-corrected chi connectivity index (χ3v) is 18.7. The number of aromatic nitrogens is 3. The molecule has 1 aliphatic heterocycles. The van der Waals surface area contributed by atoms with Gasteiger partial charge >= 0.3 is 5.97 Å². The summed E-state index contributed by atoms with van der Waals surface area (Å²) in [5.74, 6) is 7.53. The first-order chi connectivity index (χ1) is 55.9. The Morgan fingerprint density at radius 2 is 0.983 bits per heavy atom. The number of carbonyl (C=O) groups is 13. The summed E-state index contributed by atoms with van der Waals surface area (Å²) in [7, 11) is 3.61. The summed E-state index contributed by atoms with van der Waals surface area (Å²) in [6.07, 6.45) is 32.9. The second-order valence-corrected chi connectivity index (χ2v) is 28.4. The van der Waals surface area contributed by atoms with Crippen LogP contribution in [0.15, 0.2) is 54.7 Å². The SMILES string of the molecule is C#CCCC(=O)NC(CCCCNC(C)=O)NC.C#CCCC(=O)NC(CCCCNC(C)=O)NC.C#CCCC(=O)NC(N)CCCCNC(C)=O.CC(=O)NCCCCC1NC(=O)CCc2cn(nn2)CCC[C@@H](C(=O)CN)N1.CC(=O)OCC1c2ccccc2-c2ccccc21.CCC(=O)CBr.CCC(=O)CBr.CCC(=O)CBr. The number of ether oxygens (including phenoxy) is 1. The van der Waals surface area contributed by atoms with Crippen molar-refractivity contribution in [3.63, 3.8) is 0 Å². The van der Waals surface area contributed by atoms with E-state index in [2.05, 4.69) is 159 Å². The van der Waals surface area contributed by atoms with Crippen LogP contribution in [0.1, 0.15) is 232 Å². The standard InChI is InChI=1S/C18H31N7O3.C16H14O2.2C13H23N3O2.C12H21N3O2.3C4H7BrO/c1-13(26)20-9-3-2-6-17-21-15(16(27)11-19)5-4-10-25-12-14(23-24-25)7-8-18(28)22-17;1-11(17)18-10-16-14-8-4-2-6-12(14)13-7-3-5-9-15(13)16;2*1-4-5-9-13(18)16-12(14-3)8-6-7-10-15-11(2)17;1-3-4-8-12(17)15-11(13)7-5-6-9-14-10(2)16;3*1-2-4(6)3-5/h12,15,17,21H,2-11,19H2,1H3,(H,20,26)(H,22,28);2-9,16H,10H2,1H3;2*1,12,14H,5-10H2,2-3H3,(H,15,17)(H,16,18);1,11H,4-9,13H2,2H3,(H,14,16)(H,15,17);3*2-3H2,1H3/t15-,17?;;;;;;;/m0......./s1. The van der Waals surface area contributed by atoms with Crippen LogP contribution in [-0.2, 0) is 80.0 Å². The van der Waals surface area contributed by atoms with Crippen molar-refractivity contribution in [2.24, 2.45) is 11.5 Å². The number of nitrogens with zero attached hydrogens (tertiary/aromatic N) is 3. The molecular weight excluding hydrogens is 1700 g/mol. The van der Waals surface area contributed by atoms with Gasteiger partial charge in [0.2, 0.25) is 47.3 Å². The molecule has 30 nitrogen and oxygen atoms in total. The lowest BCUT2D eigenvalue weighted by molar-refractivity contribution is -0.141. The number of unbranched alkanes of at least 4 members (excludes halogenated alkanes) is 4. The van der Waals surface area contributed by atoms with Crippen molar-refractivity contribution < 1.29 is 67.1 Å². The zero-order valence-electron chi connectivity index (χ0n) is 70.5. The average Bonchev–Trinajstić information content (AvgIpc) is 1.62. The van der Waals surface area contributed by atoms with E-state index in [0.29, 0.717) is 145 Å². The van der Waals surface area contributed by atoms with Crippen LogP contribution in [0.5, 0.6) is 0 Å². The molecule has 1 aromatic heterocycles. The van der Waals surface area contributed by atoms with Gasteiger partial charge in [-0.1, -0.05) is 122 Å². The number of fused-ring (bicyclic) bond motifs is 5. The zero-order chi connectivity index (χ0) is 88.6. The molecule has 8 amide bonds. The first-order valence-corrected chi connectivity index (χ1v) is 43.3. The van der Waals surface area contributed by atoms with E-state index in [9.17, 15) is 62.3 Å². The third kappa shape index (κ3) is 64.1. The Morgan fingerprint density at radius 1 is 0.581 bits per heavy atom. The normalized spacial score (nSPS) is 13.5. The van der Waals surface area contributed by atoms with Gasteiger partial charge in [0.05, 0.1) is 58.9 Å². The van der Waals surface area contributed by atoms with Crippen LogP contribution in [0.4, 0.5) is 0 Å². The molecule has 2 heterocycles. The molecule has 0 fully saturated rings. The van der Waals surface area contributed by atoms with Gasteiger partial charge in [-0.05, 0) is 126 Å². The molecule has 3 aromatic rings. The van der Waals surface area contributed by atoms with E-state index in [4.69, 9.17) is 35.5 Å². The van der Waals surface area contributed by atoms with Crippen LogP contribution in [0.3, 0.4) is 0 Å². The highest BCUT2D eigenvalue weighted by atomic mass is 79.9. The summed E-state index contributed by atoms with van der Waals surface area (Å²) >= 11 is 9.08. The van der Waals surface area contributed by atoms with Crippen molar-refractivity contribution in [1.29, 1.82) is 0 Å². The summed E-state index contributed by atoms with van der Waals surface area (Å²) in [5, 5.41) is 41.3. The number of hydrogen-bond acceptors (Lipinski definition) is 21. The fourth-order valence-electron chi connectivity index (χ4n) is 10.4. The Kier molecular flexibility index (Phi) is 72.1. The Labute approximate surface area is 719 Å². The minimum absolute atomic E-state index is 0.0113. The van der Waals surface area contributed by atoms with Gasteiger partial charge in [-0.3, -0.25) is 72.3 Å². The molecule has 4 unspecified atom stereocenters. The lowest BCUT2D eigenvalue weighted by Gasteiger charge is -2.26. The molecule has 0 saturated carbocycles. The van der Waals surface area contributed by atoms with Gasteiger partial charge in [0.15, 0.2) is 5.78 Å². The lowest BCUT2D eigenvalue weighted by atomic mass is 9.98. The number of halogens is 3. The smallest absolute Gasteiger partial charge is 0.302 e. The number of Topliss-reactive ketones (excluding diaryl/α,β-unsaturated/α-hetero) is 4. The molecule has 0 spiro atoms. The second-order valence-electron chi connectivity index (χ2n) is 26.8. The number of aryl methyl sites for hydroxylation is 2.